The largest absolute Gasteiger partial charge is 0.491 e. The van der Waals surface area contributed by atoms with Gasteiger partial charge in [0.05, 0.1) is 16.7 Å². The van der Waals surface area contributed by atoms with E-state index in [0.29, 0.717) is 15.8 Å². The fourth-order valence-electron chi connectivity index (χ4n) is 3.54. The summed E-state index contributed by atoms with van der Waals surface area (Å²) in [5.74, 6) is 0.739. The molecule has 1 aliphatic heterocycles. The molecule has 1 aliphatic rings. The highest BCUT2D eigenvalue weighted by Crippen LogP contribution is 2.35. The van der Waals surface area contributed by atoms with Crippen LogP contribution in [-0.4, -0.2) is 37.6 Å². The number of para-hydroxylation sites is 1. The van der Waals surface area contributed by atoms with Gasteiger partial charge in [-0.1, -0.05) is 48.3 Å². The SMILES string of the molecule is C=CCN1C(=O)/C(=C/c2cn(-c3ccccc3)nc2-c2ccc(OC(C)C)c(C)c2)SC1=S. The molecule has 0 aliphatic carbocycles. The van der Waals surface area contributed by atoms with Crippen molar-refractivity contribution in [2.75, 3.05) is 6.54 Å². The molecule has 1 amide bonds. The van der Waals surface area contributed by atoms with Crippen molar-refractivity contribution in [2.45, 2.75) is 26.9 Å². The zero-order chi connectivity index (χ0) is 23.5. The Labute approximate surface area is 203 Å². The Kier molecular flexibility index (Phi) is 6.81. The number of aryl methyl sites for hydroxylation is 1. The van der Waals surface area contributed by atoms with Crippen LogP contribution in [0.25, 0.3) is 23.0 Å². The Morgan fingerprint density at radius 3 is 2.64 bits per heavy atom. The summed E-state index contributed by atoms with van der Waals surface area (Å²) in [6.45, 7) is 10.2. The molecule has 0 radical (unpaired) electrons. The van der Waals surface area contributed by atoms with Gasteiger partial charge in [0.25, 0.3) is 5.91 Å². The molecule has 5 nitrogen and oxygen atoms in total. The van der Waals surface area contributed by atoms with Crippen molar-refractivity contribution < 1.29 is 9.53 Å². The smallest absolute Gasteiger partial charge is 0.266 e. The van der Waals surface area contributed by atoms with E-state index in [1.165, 1.54) is 11.8 Å². The average Bonchev–Trinajstić information content (AvgIpc) is 3.32. The van der Waals surface area contributed by atoms with Gasteiger partial charge in [0.2, 0.25) is 0 Å². The molecule has 0 atom stereocenters. The maximum Gasteiger partial charge on any atom is 0.266 e. The van der Waals surface area contributed by atoms with Gasteiger partial charge in [0.15, 0.2) is 0 Å². The summed E-state index contributed by atoms with van der Waals surface area (Å²) in [6.07, 6.45) is 5.59. The fraction of sp³-hybridized carbons (Fsp3) is 0.192. The van der Waals surface area contributed by atoms with Crippen LogP contribution in [0.1, 0.15) is 25.0 Å². The summed E-state index contributed by atoms with van der Waals surface area (Å²) in [6, 6.07) is 15.9. The summed E-state index contributed by atoms with van der Waals surface area (Å²) in [5, 5.41) is 4.87. The van der Waals surface area contributed by atoms with Gasteiger partial charge >= 0.3 is 0 Å². The highest BCUT2D eigenvalue weighted by atomic mass is 32.2. The molecule has 7 heteroatoms. The van der Waals surface area contributed by atoms with E-state index in [0.717, 1.165) is 33.8 Å². The number of carbonyl (C=O) groups excluding carboxylic acids is 1. The highest BCUT2D eigenvalue weighted by Gasteiger charge is 2.31. The zero-order valence-electron chi connectivity index (χ0n) is 18.8. The van der Waals surface area contributed by atoms with E-state index < -0.39 is 0 Å². The number of thiocarbonyl (C=S) groups is 1. The predicted octanol–water partition coefficient (Wildman–Crippen LogP) is 6.02. The van der Waals surface area contributed by atoms with Crippen molar-refractivity contribution in [1.29, 1.82) is 0 Å². The molecule has 0 unspecified atom stereocenters. The van der Waals surface area contributed by atoms with E-state index in [-0.39, 0.29) is 12.0 Å². The van der Waals surface area contributed by atoms with E-state index in [2.05, 4.69) is 12.6 Å². The Bertz CT molecular complexity index is 1250. The average molecular weight is 476 g/mol. The molecule has 3 aromatic rings. The Balaban J connectivity index is 1.79. The first-order valence-corrected chi connectivity index (χ1v) is 11.9. The van der Waals surface area contributed by atoms with Crippen molar-refractivity contribution in [3.05, 3.63) is 83.4 Å². The molecular formula is C26H25N3O2S2. The molecule has 0 spiro atoms. The van der Waals surface area contributed by atoms with Crippen LogP contribution in [0, 0.1) is 6.92 Å². The second-order valence-electron chi connectivity index (χ2n) is 7.94. The minimum Gasteiger partial charge on any atom is -0.491 e. The van der Waals surface area contributed by atoms with Gasteiger partial charge in [0, 0.05) is 23.9 Å². The van der Waals surface area contributed by atoms with E-state index in [9.17, 15) is 4.79 Å². The number of aromatic nitrogens is 2. The molecule has 4 rings (SSSR count). The van der Waals surface area contributed by atoms with Crippen LogP contribution in [-0.2, 0) is 4.79 Å². The lowest BCUT2D eigenvalue weighted by Crippen LogP contribution is -2.27. The first kappa shape index (κ1) is 23.0. The molecule has 0 saturated carbocycles. The summed E-state index contributed by atoms with van der Waals surface area (Å²) in [5.41, 5.74) is 4.54. The summed E-state index contributed by atoms with van der Waals surface area (Å²) in [4.78, 5) is 15.0. The highest BCUT2D eigenvalue weighted by molar-refractivity contribution is 8.26. The number of thioether (sulfide) groups is 1. The first-order chi connectivity index (χ1) is 15.9. The quantitative estimate of drug-likeness (QED) is 0.237. The van der Waals surface area contributed by atoms with Crippen molar-refractivity contribution in [2.24, 2.45) is 0 Å². The number of hydrogen-bond acceptors (Lipinski definition) is 5. The van der Waals surface area contributed by atoms with Gasteiger partial charge in [-0.05, 0) is 62.7 Å². The third-order valence-corrected chi connectivity index (χ3v) is 6.42. The zero-order valence-corrected chi connectivity index (χ0v) is 20.5. The van der Waals surface area contributed by atoms with Crippen molar-refractivity contribution in [1.82, 2.24) is 14.7 Å². The molecule has 0 bridgehead atoms. The summed E-state index contributed by atoms with van der Waals surface area (Å²) in [7, 11) is 0. The molecule has 0 N–H and O–H groups in total. The second-order valence-corrected chi connectivity index (χ2v) is 9.62. The Hall–Kier alpha value is -3.16. The van der Waals surface area contributed by atoms with Gasteiger partial charge in [-0.15, -0.1) is 6.58 Å². The van der Waals surface area contributed by atoms with Crippen LogP contribution >= 0.6 is 24.0 Å². The number of rotatable bonds is 7. The first-order valence-electron chi connectivity index (χ1n) is 10.7. The van der Waals surface area contributed by atoms with E-state index in [4.69, 9.17) is 22.1 Å². The lowest BCUT2D eigenvalue weighted by atomic mass is 10.0. The Morgan fingerprint density at radius 2 is 1.97 bits per heavy atom. The molecule has 168 valence electrons. The third-order valence-electron chi connectivity index (χ3n) is 5.05. The summed E-state index contributed by atoms with van der Waals surface area (Å²) >= 11 is 6.70. The molecular weight excluding hydrogens is 450 g/mol. The van der Waals surface area contributed by atoms with Gasteiger partial charge in [-0.3, -0.25) is 9.69 Å². The number of ether oxygens (including phenoxy) is 1. The number of benzene rings is 2. The lowest BCUT2D eigenvalue weighted by molar-refractivity contribution is -0.121. The van der Waals surface area contributed by atoms with Gasteiger partial charge in [-0.25, -0.2) is 4.68 Å². The number of carbonyl (C=O) groups is 1. The minimum absolute atomic E-state index is 0.0971. The number of nitrogens with zero attached hydrogens (tertiary/aromatic N) is 3. The van der Waals surface area contributed by atoms with Crippen molar-refractivity contribution >= 4 is 40.3 Å². The third kappa shape index (κ3) is 4.94. The number of amides is 1. The monoisotopic (exact) mass is 475 g/mol. The standard InChI is InChI=1S/C26H25N3O2S2/c1-5-13-28-25(30)23(33-26(28)32)15-20-16-29(21-9-7-6-8-10-21)27-24(20)19-11-12-22(18(4)14-19)31-17(2)3/h5-12,14-17H,1,13H2,2-4H3/b23-15-. The van der Waals surface area contributed by atoms with Crippen molar-refractivity contribution in [3.8, 4) is 22.7 Å². The van der Waals surface area contributed by atoms with Gasteiger partial charge < -0.3 is 4.74 Å². The van der Waals surface area contributed by atoms with Gasteiger partial charge in [0.1, 0.15) is 15.8 Å². The van der Waals surface area contributed by atoms with Crippen LogP contribution in [0.3, 0.4) is 0 Å². The summed E-state index contributed by atoms with van der Waals surface area (Å²) < 4.78 is 8.26. The van der Waals surface area contributed by atoms with Crippen LogP contribution in [0.15, 0.2) is 72.3 Å². The van der Waals surface area contributed by atoms with Crippen LogP contribution in [0.5, 0.6) is 5.75 Å². The second kappa shape index (κ2) is 9.77. The van der Waals surface area contributed by atoms with Crippen molar-refractivity contribution in [3.63, 3.8) is 0 Å². The lowest BCUT2D eigenvalue weighted by Gasteiger charge is -2.13. The van der Waals surface area contributed by atoms with E-state index in [1.54, 1.807) is 11.0 Å². The molecule has 2 aromatic carbocycles. The molecule has 33 heavy (non-hydrogen) atoms. The molecule has 1 saturated heterocycles. The number of hydrogen-bond donors (Lipinski definition) is 0. The molecule has 2 heterocycles. The maximum atomic E-state index is 12.9. The fourth-order valence-corrected chi connectivity index (χ4v) is 4.81. The van der Waals surface area contributed by atoms with Crippen LogP contribution < -0.4 is 4.74 Å². The van der Waals surface area contributed by atoms with Crippen LogP contribution in [0.2, 0.25) is 0 Å². The molecule has 1 fully saturated rings. The normalized spacial score (nSPS) is 15.0. The van der Waals surface area contributed by atoms with Crippen LogP contribution in [0.4, 0.5) is 0 Å². The molecule has 1 aromatic heterocycles. The van der Waals surface area contributed by atoms with Gasteiger partial charge in [-0.2, -0.15) is 5.10 Å². The maximum absolute atomic E-state index is 12.9. The minimum atomic E-state index is -0.111. The predicted molar refractivity (Wildman–Crippen MR) is 140 cm³/mol. The van der Waals surface area contributed by atoms with E-state index >= 15 is 0 Å². The topological polar surface area (TPSA) is 47.4 Å². The Morgan fingerprint density at radius 1 is 1.21 bits per heavy atom. The van der Waals surface area contributed by atoms with E-state index in [1.807, 2.05) is 80.2 Å².